The summed E-state index contributed by atoms with van der Waals surface area (Å²) in [6.07, 6.45) is 1.36. The summed E-state index contributed by atoms with van der Waals surface area (Å²) in [6, 6.07) is 14.4. The summed E-state index contributed by atoms with van der Waals surface area (Å²) in [6.45, 7) is 1.52. The minimum absolute atomic E-state index is 0.0152. The third-order valence-corrected chi connectivity index (χ3v) is 3.94. The molecule has 126 valence electrons. The molecule has 0 atom stereocenters. The number of aromatic nitrogens is 2. The van der Waals surface area contributed by atoms with Crippen molar-refractivity contribution in [2.75, 3.05) is 11.1 Å². The molecule has 1 aromatic heterocycles. The molecule has 0 amide bonds. The van der Waals surface area contributed by atoms with Gasteiger partial charge in [-0.3, -0.25) is 4.79 Å². The molecule has 1 heterocycles. The molecule has 0 radical (unpaired) electrons. The number of Topliss-reactive ketones (excluding diaryl/α,β-unsaturated/α-hetero) is 1. The molecular weight excluding hydrogens is 384 g/mol. The third-order valence-electron chi connectivity index (χ3n) is 3.41. The van der Waals surface area contributed by atoms with Crippen LogP contribution < -0.4 is 15.8 Å². The molecule has 3 aromatic rings. The van der Waals surface area contributed by atoms with Crippen LogP contribution in [0.2, 0.25) is 0 Å². The summed E-state index contributed by atoms with van der Waals surface area (Å²) in [5.74, 6) is 1.25. The minimum atomic E-state index is -0.0152. The second-order valence-electron chi connectivity index (χ2n) is 5.26. The molecule has 3 rings (SSSR count). The van der Waals surface area contributed by atoms with Crippen LogP contribution in [0, 0.1) is 0 Å². The zero-order chi connectivity index (χ0) is 17.8. The molecule has 25 heavy (non-hydrogen) atoms. The Kier molecular flexibility index (Phi) is 4.95. The van der Waals surface area contributed by atoms with Crippen molar-refractivity contribution >= 4 is 38.9 Å². The van der Waals surface area contributed by atoms with Crippen LogP contribution in [0.3, 0.4) is 0 Å². The van der Waals surface area contributed by atoms with Crippen LogP contribution >= 0.6 is 15.9 Å². The number of ketones is 1. The number of nitrogens with two attached hydrogens (primary N) is 1. The van der Waals surface area contributed by atoms with Gasteiger partial charge in [0.2, 0.25) is 5.88 Å². The quantitative estimate of drug-likeness (QED) is 0.612. The van der Waals surface area contributed by atoms with E-state index in [1.54, 1.807) is 30.3 Å². The van der Waals surface area contributed by atoms with Crippen molar-refractivity contribution in [3.05, 3.63) is 64.9 Å². The van der Waals surface area contributed by atoms with E-state index in [4.69, 9.17) is 10.5 Å². The third kappa shape index (κ3) is 4.13. The fraction of sp³-hybridized carbons (Fsp3) is 0.0556. The van der Waals surface area contributed by atoms with Crippen molar-refractivity contribution in [1.29, 1.82) is 0 Å². The number of nitrogen functional groups attached to an aromatic ring is 1. The maximum Gasteiger partial charge on any atom is 0.248 e. The second-order valence-corrected chi connectivity index (χ2v) is 6.17. The number of rotatable bonds is 5. The summed E-state index contributed by atoms with van der Waals surface area (Å²) in [5, 5.41) is 3.09. The molecule has 0 aliphatic heterocycles. The first-order valence-corrected chi connectivity index (χ1v) is 8.24. The molecule has 3 N–H and O–H groups in total. The molecule has 0 spiro atoms. The van der Waals surface area contributed by atoms with Gasteiger partial charge in [0.1, 0.15) is 17.8 Å². The van der Waals surface area contributed by atoms with Gasteiger partial charge in [-0.25, -0.2) is 4.98 Å². The normalized spacial score (nSPS) is 10.3. The summed E-state index contributed by atoms with van der Waals surface area (Å²) >= 11 is 3.37. The largest absolute Gasteiger partial charge is 0.437 e. The molecule has 0 fully saturated rings. The van der Waals surface area contributed by atoms with E-state index < -0.39 is 0 Å². The number of carbonyl (C=O) groups is 1. The molecular formula is C18H15BrN4O2. The van der Waals surface area contributed by atoms with Crippen LogP contribution in [0.5, 0.6) is 11.6 Å². The number of halogens is 1. The Bertz CT molecular complexity index is 913. The average Bonchev–Trinajstić information content (AvgIpc) is 2.60. The lowest BCUT2D eigenvalue weighted by Crippen LogP contribution is -2.03. The van der Waals surface area contributed by atoms with Gasteiger partial charge in [-0.2, -0.15) is 4.98 Å². The number of carbonyl (C=O) groups excluding carboxylic acids is 1. The van der Waals surface area contributed by atoms with E-state index in [1.807, 2.05) is 18.2 Å². The number of anilines is 3. The van der Waals surface area contributed by atoms with Gasteiger partial charge in [0.25, 0.3) is 0 Å². The maximum atomic E-state index is 11.5. The van der Waals surface area contributed by atoms with Crippen molar-refractivity contribution < 1.29 is 9.53 Å². The number of hydrogen-bond acceptors (Lipinski definition) is 6. The smallest absolute Gasteiger partial charge is 0.248 e. The van der Waals surface area contributed by atoms with Crippen LogP contribution in [0.1, 0.15) is 17.3 Å². The van der Waals surface area contributed by atoms with Crippen LogP contribution in [0.25, 0.3) is 0 Å². The maximum absolute atomic E-state index is 11.5. The molecule has 6 nitrogen and oxygen atoms in total. The van der Waals surface area contributed by atoms with Crippen LogP contribution in [0.4, 0.5) is 17.2 Å². The highest BCUT2D eigenvalue weighted by atomic mass is 79.9. The zero-order valence-electron chi connectivity index (χ0n) is 13.4. The summed E-state index contributed by atoms with van der Waals surface area (Å²) in [7, 11) is 0. The Balaban J connectivity index is 1.84. The van der Waals surface area contributed by atoms with Crippen molar-refractivity contribution in [2.24, 2.45) is 0 Å². The van der Waals surface area contributed by atoms with Gasteiger partial charge in [-0.15, -0.1) is 0 Å². The van der Waals surface area contributed by atoms with E-state index >= 15 is 0 Å². The standard InChI is InChI=1S/C18H15BrN4O2/c1-11(24)12-3-2-4-14(9-12)23-17-16(20)18(22-10-21-17)25-15-7-5-13(19)6-8-15/h2-10H,20H2,1H3,(H,21,22,23). The molecule has 0 saturated carbocycles. The summed E-state index contributed by atoms with van der Waals surface area (Å²) in [5.41, 5.74) is 7.70. The first kappa shape index (κ1) is 16.9. The summed E-state index contributed by atoms with van der Waals surface area (Å²) < 4.78 is 6.66. The van der Waals surface area contributed by atoms with E-state index in [1.165, 1.54) is 13.3 Å². The summed E-state index contributed by atoms with van der Waals surface area (Å²) in [4.78, 5) is 19.7. The van der Waals surface area contributed by atoms with Gasteiger partial charge in [-0.05, 0) is 43.3 Å². The number of nitrogens with zero attached hydrogens (tertiary/aromatic N) is 2. The molecule has 0 aliphatic rings. The molecule has 0 saturated heterocycles. The molecule has 0 aliphatic carbocycles. The van der Waals surface area contributed by atoms with Crippen LogP contribution in [-0.4, -0.2) is 15.8 Å². The SMILES string of the molecule is CC(=O)c1cccc(Nc2ncnc(Oc3ccc(Br)cc3)c2N)c1. The van der Waals surface area contributed by atoms with Crippen LogP contribution in [0.15, 0.2) is 59.3 Å². The fourth-order valence-corrected chi connectivity index (χ4v) is 2.39. The monoisotopic (exact) mass is 398 g/mol. The molecule has 2 aromatic carbocycles. The van der Waals surface area contributed by atoms with Gasteiger partial charge in [0, 0.05) is 15.7 Å². The Labute approximate surface area is 153 Å². The van der Waals surface area contributed by atoms with Gasteiger partial charge in [0.05, 0.1) is 0 Å². The van der Waals surface area contributed by atoms with Gasteiger partial charge in [-0.1, -0.05) is 28.1 Å². The van der Waals surface area contributed by atoms with Crippen LogP contribution in [-0.2, 0) is 0 Å². The van der Waals surface area contributed by atoms with E-state index in [-0.39, 0.29) is 17.4 Å². The average molecular weight is 399 g/mol. The Hall–Kier alpha value is -2.93. The van der Waals surface area contributed by atoms with Crippen molar-refractivity contribution in [1.82, 2.24) is 9.97 Å². The zero-order valence-corrected chi connectivity index (χ0v) is 14.9. The molecule has 0 unspecified atom stereocenters. The number of hydrogen-bond donors (Lipinski definition) is 2. The predicted octanol–water partition coefficient (Wildman–Crippen LogP) is 4.56. The van der Waals surface area contributed by atoms with Crippen molar-refractivity contribution in [3.8, 4) is 11.6 Å². The Morgan fingerprint density at radius 3 is 2.64 bits per heavy atom. The van der Waals surface area contributed by atoms with Gasteiger partial charge < -0.3 is 15.8 Å². The van der Waals surface area contributed by atoms with E-state index in [2.05, 4.69) is 31.2 Å². The van der Waals surface area contributed by atoms with Crippen molar-refractivity contribution in [2.45, 2.75) is 6.92 Å². The number of ether oxygens (including phenoxy) is 1. The van der Waals surface area contributed by atoms with Crippen molar-refractivity contribution in [3.63, 3.8) is 0 Å². The van der Waals surface area contributed by atoms with Gasteiger partial charge in [0.15, 0.2) is 11.6 Å². The molecule has 0 bridgehead atoms. The first-order chi connectivity index (χ1) is 12.0. The molecule has 7 heteroatoms. The highest BCUT2D eigenvalue weighted by molar-refractivity contribution is 9.10. The highest BCUT2D eigenvalue weighted by Crippen LogP contribution is 2.31. The van der Waals surface area contributed by atoms with E-state index in [9.17, 15) is 4.79 Å². The Morgan fingerprint density at radius 2 is 1.92 bits per heavy atom. The van der Waals surface area contributed by atoms with Gasteiger partial charge >= 0.3 is 0 Å². The lowest BCUT2D eigenvalue weighted by molar-refractivity contribution is 0.101. The predicted molar refractivity (Wildman–Crippen MR) is 100 cm³/mol. The topological polar surface area (TPSA) is 90.1 Å². The minimum Gasteiger partial charge on any atom is -0.437 e. The van der Waals surface area contributed by atoms with E-state index in [0.29, 0.717) is 22.8 Å². The number of nitrogens with one attached hydrogen (secondary N) is 1. The second kappa shape index (κ2) is 7.31. The lowest BCUT2D eigenvalue weighted by Gasteiger charge is -2.12. The first-order valence-electron chi connectivity index (χ1n) is 7.45. The van der Waals surface area contributed by atoms with E-state index in [0.717, 1.165) is 4.47 Å². The Morgan fingerprint density at radius 1 is 1.16 bits per heavy atom. The lowest BCUT2D eigenvalue weighted by atomic mass is 10.1. The number of benzene rings is 2. The fourth-order valence-electron chi connectivity index (χ4n) is 2.13. The highest BCUT2D eigenvalue weighted by Gasteiger charge is 2.11.